The molecule has 0 aliphatic heterocycles. The lowest BCUT2D eigenvalue weighted by Gasteiger charge is -2.36. The zero-order chi connectivity index (χ0) is 29.1. The molecule has 0 aliphatic carbocycles. The first-order chi connectivity index (χ1) is 17.7. The lowest BCUT2D eigenvalue weighted by molar-refractivity contribution is -0.361. The first-order valence-corrected chi connectivity index (χ1v) is 15.2. The molecule has 0 aromatic carbocycles. The van der Waals surface area contributed by atoms with Crippen molar-refractivity contribution in [2.75, 3.05) is 5.75 Å². The van der Waals surface area contributed by atoms with Crippen LogP contribution in [0.25, 0.3) is 0 Å². The number of hydrogen-bond acceptors (Lipinski definition) is 5. The summed E-state index contributed by atoms with van der Waals surface area (Å²) >= 11 is 0. The van der Waals surface area contributed by atoms with Crippen LogP contribution in [0.5, 0.6) is 0 Å². The molecule has 0 aliphatic rings. The quantitative estimate of drug-likeness (QED) is 0.0421. The van der Waals surface area contributed by atoms with Crippen molar-refractivity contribution < 1.29 is 48.8 Å². The summed E-state index contributed by atoms with van der Waals surface area (Å²) in [5, 5.41) is 0. The van der Waals surface area contributed by atoms with Crippen molar-refractivity contribution in [1.29, 1.82) is 0 Å². The molecule has 0 bridgehead atoms. The number of carbonyl (C=O) groups excluding carboxylic acids is 1. The van der Waals surface area contributed by atoms with Crippen LogP contribution in [0.3, 0.4) is 0 Å². The standard InChI is InChI=1S/C26H44F6O5S/c1-2-3-4-5-6-7-8-9-10-11-12-13-14-15-16-17-18-19-20-21-23(33)37-24(25(27,28)29,26(30,31)32)22-38(34,35)36/h9-10H,2-8,11-22H2,1H3,(H,34,35,36)/p-1/b10-9-. The molecule has 38 heavy (non-hydrogen) atoms. The van der Waals surface area contributed by atoms with Gasteiger partial charge in [-0.15, -0.1) is 0 Å². The Hall–Kier alpha value is -1.30. The molecule has 0 unspecified atom stereocenters. The number of allylic oxidation sites excluding steroid dienone is 2. The fourth-order valence-corrected chi connectivity index (χ4v) is 4.90. The normalized spacial score (nSPS) is 13.4. The average molecular weight is 582 g/mol. The molecule has 0 amide bonds. The Balaban J connectivity index is 4.01. The Morgan fingerprint density at radius 1 is 0.684 bits per heavy atom. The largest absolute Gasteiger partial charge is 0.748 e. The van der Waals surface area contributed by atoms with Crippen molar-refractivity contribution in [1.82, 2.24) is 0 Å². The van der Waals surface area contributed by atoms with Crippen LogP contribution < -0.4 is 0 Å². The molecule has 0 radical (unpaired) electrons. The van der Waals surface area contributed by atoms with E-state index in [0.717, 1.165) is 51.4 Å². The minimum atomic E-state index is -6.33. The number of halogens is 6. The van der Waals surface area contributed by atoms with E-state index in [1.165, 1.54) is 38.5 Å². The zero-order valence-electron chi connectivity index (χ0n) is 22.3. The first kappa shape index (κ1) is 36.7. The monoisotopic (exact) mass is 581 g/mol. The molecule has 0 aromatic rings. The predicted molar refractivity (Wildman–Crippen MR) is 133 cm³/mol. The Morgan fingerprint density at radius 2 is 1.05 bits per heavy atom. The Bertz CT molecular complexity index is 749. The topological polar surface area (TPSA) is 83.5 Å². The zero-order valence-corrected chi connectivity index (χ0v) is 23.1. The number of carbonyl (C=O) groups is 1. The van der Waals surface area contributed by atoms with E-state index in [-0.39, 0.29) is 6.42 Å². The molecule has 5 nitrogen and oxygen atoms in total. The van der Waals surface area contributed by atoms with Gasteiger partial charge in [0.05, 0.1) is 15.9 Å². The summed E-state index contributed by atoms with van der Waals surface area (Å²) in [6.45, 7) is 2.21. The summed E-state index contributed by atoms with van der Waals surface area (Å²) in [5.41, 5.74) is -5.39. The van der Waals surface area contributed by atoms with Crippen LogP contribution in [0.15, 0.2) is 12.2 Å². The van der Waals surface area contributed by atoms with E-state index in [0.29, 0.717) is 12.8 Å². The molecule has 0 aromatic heterocycles. The van der Waals surface area contributed by atoms with Crippen molar-refractivity contribution in [3.8, 4) is 0 Å². The number of unbranched alkanes of at least 4 members (excludes halogenated alkanes) is 15. The molecule has 12 heteroatoms. The van der Waals surface area contributed by atoms with E-state index in [1.54, 1.807) is 0 Å². The fourth-order valence-electron chi connectivity index (χ4n) is 4.01. The lowest BCUT2D eigenvalue weighted by atomic mass is 10.0. The summed E-state index contributed by atoms with van der Waals surface area (Å²) in [6.07, 6.45) is 8.16. The van der Waals surface area contributed by atoms with Crippen LogP contribution in [0.4, 0.5) is 26.3 Å². The highest BCUT2D eigenvalue weighted by Gasteiger charge is 2.75. The van der Waals surface area contributed by atoms with E-state index in [4.69, 9.17) is 0 Å². The fraction of sp³-hybridized carbons (Fsp3) is 0.885. The third-order valence-electron chi connectivity index (χ3n) is 6.23. The minimum absolute atomic E-state index is 0.0141. The molecule has 0 fully saturated rings. The maximum atomic E-state index is 13.1. The molecular formula is C26H43F6O5S-. The van der Waals surface area contributed by atoms with E-state index in [2.05, 4.69) is 23.8 Å². The average Bonchev–Trinajstić information content (AvgIpc) is 2.77. The molecule has 0 saturated heterocycles. The third kappa shape index (κ3) is 16.6. The van der Waals surface area contributed by atoms with Gasteiger partial charge < -0.3 is 9.29 Å². The maximum Gasteiger partial charge on any atom is 0.438 e. The highest BCUT2D eigenvalue weighted by atomic mass is 32.2. The first-order valence-electron chi connectivity index (χ1n) is 13.6. The van der Waals surface area contributed by atoms with Gasteiger partial charge in [-0.25, -0.2) is 8.42 Å². The van der Waals surface area contributed by atoms with Gasteiger partial charge in [-0.05, 0) is 32.1 Å². The summed E-state index contributed by atoms with van der Waals surface area (Å²) in [7, 11) is -6.02. The summed E-state index contributed by atoms with van der Waals surface area (Å²) in [5.74, 6) is -4.82. The van der Waals surface area contributed by atoms with E-state index >= 15 is 0 Å². The number of alkyl halides is 6. The second kappa shape index (κ2) is 18.9. The number of rotatable bonds is 22. The van der Waals surface area contributed by atoms with Gasteiger partial charge in [0.1, 0.15) is 0 Å². The Labute approximate surface area is 223 Å². The molecule has 226 valence electrons. The summed E-state index contributed by atoms with van der Waals surface area (Å²) in [4.78, 5) is 11.7. The van der Waals surface area contributed by atoms with Gasteiger partial charge in [-0.3, -0.25) is 4.79 Å². The van der Waals surface area contributed by atoms with Gasteiger partial charge in [0, 0.05) is 6.42 Å². The van der Waals surface area contributed by atoms with Gasteiger partial charge in [-0.2, -0.15) is 26.3 Å². The highest BCUT2D eigenvalue weighted by Crippen LogP contribution is 2.47. The smallest absolute Gasteiger partial charge is 0.438 e. The van der Waals surface area contributed by atoms with Gasteiger partial charge in [-0.1, -0.05) is 96.1 Å². The van der Waals surface area contributed by atoms with Crippen LogP contribution in [-0.4, -0.2) is 42.6 Å². The number of hydrogen-bond donors (Lipinski definition) is 0. The minimum Gasteiger partial charge on any atom is -0.748 e. The number of esters is 1. The van der Waals surface area contributed by atoms with Gasteiger partial charge >= 0.3 is 23.9 Å². The third-order valence-corrected chi connectivity index (χ3v) is 6.99. The molecular weight excluding hydrogens is 538 g/mol. The second-order valence-electron chi connectivity index (χ2n) is 9.75. The van der Waals surface area contributed by atoms with E-state index in [1.807, 2.05) is 0 Å². The van der Waals surface area contributed by atoms with Crippen LogP contribution in [0.1, 0.15) is 122 Å². The summed E-state index contributed by atoms with van der Waals surface area (Å²) in [6, 6.07) is 0. The van der Waals surface area contributed by atoms with Crippen molar-refractivity contribution in [2.45, 2.75) is 140 Å². The van der Waals surface area contributed by atoms with Crippen LogP contribution in [-0.2, 0) is 19.6 Å². The van der Waals surface area contributed by atoms with E-state index in [9.17, 15) is 44.1 Å². The van der Waals surface area contributed by atoms with Gasteiger partial charge in [0.25, 0.3) is 0 Å². The van der Waals surface area contributed by atoms with E-state index < -0.39 is 46.2 Å². The van der Waals surface area contributed by atoms with Crippen LogP contribution in [0.2, 0.25) is 0 Å². The second-order valence-corrected chi connectivity index (χ2v) is 11.2. The molecule has 0 N–H and O–H groups in total. The van der Waals surface area contributed by atoms with Crippen molar-refractivity contribution in [3.05, 3.63) is 12.2 Å². The molecule has 0 atom stereocenters. The predicted octanol–water partition coefficient (Wildman–Crippen LogP) is 8.54. The highest BCUT2D eigenvalue weighted by molar-refractivity contribution is 7.85. The number of ether oxygens (including phenoxy) is 1. The van der Waals surface area contributed by atoms with Gasteiger partial charge in [0.2, 0.25) is 0 Å². The van der Waals surface area contributed by atoms with Crippen molar-refractivity contribution in [3.63, 3.8) is 0 Å². The van der Waals surface area contributed by atoms with Crippen molar-refractivity contribution in [2.24, 2.45) is 0 Å². The maximum absolute atomic E-state index is 13.1. The van der Waals surface area contributed by atoms with Gasteiger partial charge in [0.15, 0.2) is 0 Å². The SMILES string of the molecule is CCCCCCCC/C=C\CCCCCCCCCCCC(=O)OC(CS(=O)(=O)[O-])(C(F)(F)F)C(F)(F)F. The molecule has 0 rings (SSSR count). The molecule has 0 spiro atoms. The Morgan fingerprint density at radius 3 is 1.42 bits per heavy atom. The summed E-state index contributed by atoms with van der Waals surface area (Å²) < 4.78 is 114. The van der Waals surface area contributed by atoms with Crippen molar-refractivity contribution >= 4 is 16.1 Å². The Kier molecular flexibility index (Phi) is 18.2. The van der Waals surface area contributed by atoms with Crippen LogP contribution in [0, 0.1) is 0 Å². The van der Waals surface area contributed by atoms with Crippen LogP contribution >= 0.6 is 0 Å². The lowest BCUT2D eigenvalue weighted by Crippen LogP contribution is -2.63. The molecule has 0 saturated carbocycles. The molecule has 0 heterocycles.